The predicted molar refractivity (Wildman–Crippen MR) is 97.2 cm³/mol. The number of halogens is 1. The molecular formula is C19H14FN5O. The Labute approximate surface area is 147 Å². The van der Waals surface area contributed by atoms with E-state index in [9.17, 15) is 4.39 Å². The lowest BCUT2D eigenvalue weighted by molar-refractivity contribution is 0.449. The van der Waals surface area contributed by atoms with E-state index < -0.39 is 6.17 Å². The summed E-state index contributed by atoms with van der Waals surface area (Å²) < 4.78 is 21.1. The Morgan fingerprint density at radius 1 is 1.04 bits per heavy atom. The van der Waals surface area contributed by atoms with Crippen LogP contribution < -0.4 is 11.1 Å². The van der Waals surface area contributed by atoms with E-state index in [2.05, 4.69) is 15.3 Å². The number of benzene rings is 2. The van der Waals surface area contributed by atoms with E-state index in [1.165, 1.54) is 12.1 Å². The molecular weight excluding hydrogens is 333 g/mol. The molecule has 26 heavy (non-hydrogen) atoms. The Bertz CT molecular complexity index is 1140. The molecule has 1 aliphatic heterocycles. The molecule has 0 radical (unpaired) electrons. The van der Waals surface area contributed by atoms with E-state index in [1.54, 1.807) is 12.1 Å². The fourth-order valence-corrected chi connectivity index (χ4v) is 3.17. The van der Waals surface area contributed by atoms with Crippen LogP contribution in [-0.4, -0.2) is 15.5 Å². The van der Waals surface area contributed by atoms with Gasteiger partial charge in [-0.2, -0.15) is 0 Å². The van der Waals surface area contributed by atoms with Crippen LogP contribution in [0.4, 0.5) is 10.3 Å². The van der Waals surface area contributed by atoms with E-state index in [1.807, 2.05) is 41.0 Å². The van der Waals surface area contributed by atoms with Crippen LogP contribution in [0.5, 0.6) is 0 Å². The third kappa shape index (κ3) is 2.25. The van der Waals surface area contributed by atoms with Crippen molar-refractivity contribution in [1.29, 1.82) is 0 Å². The number of aliphatic imine (C=N–C) groups is 1. The lowest BCUT2D eigenvalue weighted by atomic mass is 10.2. The Hall–Kier alpha value is -3.61. The number of nitrogens with one attached hydrogen (secondary N) is 1. The predicted octanol–water partition coefficient (Wildman–Crippen LogP) is 3.72. The van der Waals surface area contributed by atoms with Crippen molar-refractivity contribution in [2.45, 2.75) is 6.17 Å². The van der Waals surface area contributed by atoms with Gasteiger partial charge in [-0.05, 0) is 48.5 Å². The molecule has 1 atom stereocenters. The van der Waals surface area contributed by atoms with Crippen molar-refractivity contribution in [3.63, 3.8) is 0 Å². The van der Waals surface area contributed by atoms with Gasteiger partial charge in [-0.3, -0.25) is 9.88 Å². The summed E-state index contributed by atoms with van der Waals surface area (Å²) in [4.78, 5) is 9.05. The summed E-state index contributed by atoms with van der Waals surface area (Å²) in [6.45, 7) is 0. The third-order valence-electron chi connectivity index (χ3n) is 4.35. The van der Waals surface area contributed by atoms with Gasteiger partial charge in [0.05, 0.1) is 11.0 Å². The van der Waals surface area contributed by atoms with Gasteiger partial charge in [0.1, 0.15) is 17.3 Å². The number of nitrogens with two attached hydrogens (primary N) is 1. The minimum absolute atomic E-state index is 0.275. The minimum Gasteiger partial charge on any atom is -0.457 e. The number of imidazole rings is 1. The zero-order valence-corrected chi connectivity index (χ0v) is 13.6. The van der Waals surface area contributed by atoms with Crippen molar-refractivity contribution in [3.8, 4) is 11.3 Å². The zero-order chi connectivity index (χ0) is 17.7. The van der Waals surface area contributed by atoms with Crippen LogP contribution in [0.15, 0.2) is 70.1 Å². The van der Waals surface area contributed by atoms with Gasteiger partial charge in [0.2, 0.25) is 5.95 Å². The second-order valence-electron chi connectivity index (χ2n) is 6.02. The van der Waals surface area contributed by atoms with Crippen molar-refractivity contribution in [2.24, 2.45) is 10.7 Å². The molecule has 0 bridgehead atoms. The van der Waals surface area contributed by atoms with Crippen LogP contribution in [-0.2, 0) is 0 Å². The van der Waals surface area contributed by atoms with Gasteiger partial charge in [0, 0.05) is 5.56 Å². The second kappa shape index (κ2) is 5.45. The molecule has 128 valence electrons. The Balaban J connectivity index is 1.62. The molecule has 2 aromatic carbocycles. The zero-order valence-electron chi connectivity index (χ0n) is 13.6. The summed E-state index contributed by atoms with van der Waals surface area (Å²) >= 11 is 0. The molecule has 2 aromatic heterocycles. The van der Waals surface area contributed by atoms with Crippen molar-refractivity contribution in [2.75, 3.05) is 5.32 Å². The first-order valence-electron chi connectivity index (χ1n) is 8.12. The van der Waals surface area contributed by atoms with E-state index in [4.69, 9.17) is 10.2 Å². The molecule has 0 saturated heterocycles. The molecule has 0 amide bonds. The maximum absolute atomic E-state index is 13.1. The largest absolute Gasteiger partial charge is 0.457 e. The number of hydrogen-bond acceptors (Lipinski definition) is 5. The average molecular weight is 347 g/mol. The summed E-state index contributed by atoms with van der Waals surface area (Å²) in [6.07, 6.45) is -0.465. The molecule has 3 heterocycles. The number of rotatable bonds is 2. The second-order valence-corrected chi connectivity index (χ2v) is 6.02. The molecule has 0 aliphatic carbocycles. The number of para-hydroxylation sites is 2. The number of guanidine groups is 1. The quantitative estimate of drug-likeness (QED) is 0.579. The van der Waals surface area contributed by atoms with Gasteiger partial charge < -0.3 is 10.2 Å². The first-order chi connectivity index (χ1) is 12.7. The van der Waals surface area contributed by atoms with Gasteiger partial charge in [0.15, 0.2) is 12.1 Å². The smallest absolute Gasteiger partial charge is 0.212 e. The summed E-state index contributed by atoms with van der Waals surface area (Å²) in [5.74, 6) is 1.86. The minimum atomic E-state index is -0.465. The number of hydrogen-bond donors (Lipinski definition) is 2. The topological polar surface area (TPSA) is 81.4 Å². The number of furan rings is 1. The monoisotopic (exact) mass is 347 g/mol. The molecule has 0 fully saturated rings. The molecule has 7 heteroatoms. The maximum Gasteiger partial charge on any atom is 0.212 e. The number of aromatic nitrogens is 2. The first kappa shape index (κ1) is 14.7. The fourth-order valence-electron chi connectivity index (χ4n) is 3.17. The molecule has 3 N–H and O–H groups in total. The van der Waals surface area contributed by atoms with Crippen LogP contribution in [0.3, 0.4) is 0 Å². The highest BCUT2D eigenvalue weighted by Gasteiger charge is 2.27. The first-order valence-corrected chi connectivity index (χ1v) is 8.12. The Morgan fingerprint density at radius 3 is 2.69 bits per heavy atom. The summed E-state index contributed by atoms with van der Waals surface area (Å²) in [5, 5.41) is 2.99. The lowest BCUT2D eigenvalue weighted by Crippen LogP contribution is -2.31. The van der Waals surface area contributed by atoms with Gasteiger partial charge in [-0.1, -0.05) is 12.1 Å². The van der Waals surface area contributed by atoms with Crippen molar-refractivity contribution in [3.05, 3.63) is 72.2 Å². The van der Waals surface area contributed by atoms with E-state index in [-0.39, 0.29) is 11.8 Å². The highest BCUT2D eigenvalue weighted by molar-refractivity contribution is 5.94. The molecule has 0 spiro atoms. The van der Waals surface area contributed by atoms with Gasteiger partial charge in [-0.25, -0.2) is 14.4 Å². The van der Waals surface area contributed by atoms with Crippen LogP contribution in [0.25, 0.3) is 22.4 Å². The fraction of sp³-hybridized carbons (Fsp3) is 0.0526. The van der Waals surface area contributed by atoms with Crippen LogP contribution in [0.1, 0.15) is 11.9 Å². The van der Waals surface area contributed by atoms with E-state index in [0.29, 0.717) is 17.5 Å². The summed E-state index contributed by atoms with van der Waals surface area (Å²) in [7, 11) is 0. The molecule has 4 aromatic rings. The van der Waals surface area contributed by atoms with Gasteiger partial charge >= 0.3 is 0 Å². The van der Waals surface area contributed by atoms with Crippen molar-refractivity contribution >= 4 is 22.9 Å². The van der Waals surface area contributed by atoms with Crippen molar-refractivity contribution in [1.82, 2.24) is 9.55 Å². The lowest BCUT2D eigenvalue weighted by Gasteiger charge is -2.21. The van der Waals surface area contributed by atoms with Crippen LogP contribution in [0, 0.1) is 5.82 Å². The Morgan fingerprint density at radius 2 is 1.85 bits per heavy atom. The Kier molecular flexibility index (Phi) is 3.08. The normalized spacial score (nSPS) is 16.2. The van der Waals surface area contributed by atoms with E-state index in [0.717, 1.165) is 16.6 Å². The standard InChI is InChI=1S/C19H14FN5O/c20-12-7-5-11(6-8-12)15-9-10-16(26-15)17-23-18(21)24-19-22-13-3-1-2-4-14(13)25(17)19/h1-10,17H,(H3,21,22,23,24). The highest BCUT2D eigenvalue weighted by atomic mass is 19.1. The molecule has 6 nitrogen and oxygen atoms in total. The van der Waals surface area contributed by atoms with Crippen molar-refractivity contribution < 1.29 is 8.81 Å². The SMILES string of the molecule is NC1=NC(c2ccc(-c3ccc(F)cc3)o2)n2c(nc3ccccc32)N1. The van der Waals surface area contributed by atoms with Crippen LogP contribution >= 0.6 is 0 Å². The molecule has 5 rings (SSSR count). The molecule has 1 unspecified atom stereocenters. The van der Waals surface area contributed by atoms with Gasteiger partial charge in [0.25, 0.3) is 0 Å². The maximum atomic E-state index is 13.1. The van der Waals surface area contributed by atoms with E-state index >= 15 is 0 Å². The third-order valence-corrected chi connectivity index (χ3v) is 4.35. The number of fused-ring (bicyclic) bond motifs is 3. The average Bonchev–Trinajstić information content (AvgIpc) is 3.26. The van der Waals surface area contributed by atoms with Crippen LogP contribution in [0.2, 0.25) is 0 Å². The molecule has 1 aliphatic rings. The highest BCUT2D eigenvalue weighted by Crippen LogP contribution is 2.34. The summed E-state index contributed by atoms with van der Waals surface area (Å²) in [5.41, 5.74) is 8.50. The van der Waals surface area contributed by atoms with Gasteiger partial charge in [-0.15, -0.1) is 0 Å². The number of nitrogens with zero attached hydrogens (tertiary/aromatic N) is 3. The molecule has 0 saturated carbocycles. The summed E-state index contributed by atoms with van der Waals surface area (Å²) in [6, 6.07) is 17.6. The number of anilines is 1.